The summed E-state index contributed by atoms with van der Waals surface area (Å²) in [6.45, 7) is 0. The van der Waals surface area contributed by atoms with Crippen LogP contribution in [0.15, 0.2) is 0 Å². The quantitative estimate of drug-likeness (QED) is 0.666. The third kappa shape index (κ3) is 3.11. The van der Waals surface area contributed by atoms with Gasteiger partial charge in [0.15, 0.2) is 4.20 Å². The number of thiocarbonyl (C=S) groups is 1. The topological polar surface area (TPSA) is 37.3 Å². The molecule has 1 fully saturated rings. The Morgan fingerprint density at radius 2 is 1.92 bits per heavy atom. The molecule has 0 atom stereocenters. The fraction of sp³-hybridized carbons (Fsp3) is 0.750. The van der Waals surface area contributed by atoms with E-state index in [4.69, 9.17) is 17.3 Å². The molecule has 0 heterocycles. The molecule has 68 valence electrons. The van der Waals surface area contributed by atoms with Gasteiger partial charge in [-0.3, -0.25) is 0 Å². The van der Waals surface area contributed by atoms with Crippen molar-refractivity contribution in [2.24, 2.45) is 0 Å². The van der Waals surface area contributed by atoms with E-state index in [-0.39, 0.29) is 4.20 Å². The minimum Gasteiger partial charge on any atom is -0.477 e. The van der Waals surface area contributed by atoms with Crippen molar-refractivity contribution in [3.05, 3.63) is 0 Å². The normalized spacial score (nSPS) is 19.0. The van der Waals surface area contributed by atoms with Crippen molar-refractivity contribution in [2.45, 2.75) is 37.4 Å². The SMILES string of the molecule is O=C(O)C(=S)SC1CCCCC1. The summed E-state index contributed by atoms with van der Waals surface area (Å²) < 4.78 is 0.127. The molecule has 0 spiro atoms. The predicted octanol–water partition coefficient (Wildman–Crippen LogP) is 2.46. The van der Waals surface area contributed by atoms with Crippen LogP contribution in [0, 0.1) is 0 Å². The predicted molar refractivity (Wildman–Crippen MR) is 54.7 cm³/mol. The third-order valence-corrected chi connectivity index (χ3v) is 3.66. The molecular weight excluding hydrogens is 192 g/mol. The van der Waals surface area contributed by atoms with Crippen molar-refractivity contribution in [1.29, 1.82) is 0 Å². The largest absolute Gasteiger partial charge is 0.477 e. The van der Waals surface area contributed by atoms with Crippen LogP contribution in [0.4, 0.5) is 0 Å². The molecule has 1 aliphatic rings. The van der Waals surface area contributed by atoms with Crippen molar-refractivity contribution in [3.8, 4) is 0 Å². The van der Waals surface area contributed by atoms with Gasteiger partial charge in [-0.15, -0.1) is 11.8 Å². The maximum absolute atomic E-state index is 10.4. The van der Waals surface area contributed by atoms with E-state index in [0.717, 1.165) is 12.8 Å². The van der Waals surface area contributed by atoms with Gasteiger partial charge in [0.1, 0.15) is 0 Å². The number of aliphatic carboxylic acids is 1. The molecule has 1 rings (SSSR count). The van der Waals surface area contributed by atoms with Crippen LogP contribution in [0.5, 0.6) is 0 Å². The van der Waals surface area contributed by atoms with Crippen LogP contribution in [0.1, 0.15) is 32.1 Å². The summed E-state index contributed by atoms with van der Waals surface area (Å²) in [5.74, 6) is -0.944. The first kappa shape index (κ1) is 9.99. The van der Waals surface area contributed by atoms with Gasteiger partial charge in [-0.1, -0.05) is 31.5 Å². The number of carboxylic acids is 1. The van der Waals surface area contributed by atoms with E-state index in [0.29, 0.717) is 5.25 Å². The van der Waals surface area contributed by atoms with Gasteiger partial charge in [0.25, 0.3) is 0 Å². The van der Waals surface area contributed by atoms with Crippen molar-refractivity contribution >= 4 is 34.1 Å². The Kier molecular flexibility index (Phi) is 4.01. The second kappa shape index (κ2) is 4.82. The zero-order valence-corrected chi connectivity index (χ0v) is 8.42. The van der Waals surface area contributed by atoms with Gasteiger partial charge in [-0.05, 0) is 12.8 Å². The van der Waals surface area contributed by atoms with Gasteiger partial charge in [-0.2, -0.15) is 0 Å². The number of rotatable bonds is 1. The van der Waals surface area contributed by atoms with E-state index >= 15 is 0 Å². The maximum Gasteiger partial charge on any atom is 0.353 e. The molecule has 0 unspecified atom stereocenters. The Hall–Kier alpha value is -0.0900. The number of thioether (sulfide) groups is 1. The Morgan fingerprint density at radius 3 is 2.42 bits per heavy atom. The van der Waals surface area contributed by atoms with E-state index in [9.17, 15) is 4.79 Å². The van der Waals surface area contributed by atoms with Gasteiger partial charge in [0, 0.05) is 5.25 Å². The summed E-state index contributed by atoms with van der Waals surface area (Å²) >= 11 is 6.08. The number of carboxylic acid groups (broad SMARTS) is 1. The molecule has 1 aliphatic carbocycles. The highest BCUT2D eigenvalue weighted by molar-refractivity contribution is 8.25. The third-order valence-electron chi connectivity index (χ3n) is 2.00. The molecule has 0 aromatic carbocycles. The molecule has 1 N–H and O–H groups in total. The highest BCUT2D eigenvalue weighted by Crippen LogP contribution is 2.29. The highest BCUT2D eigenvalue weighted by atomic mass is 32.2. The van der Waals surface area contributed by atoms with E-state index in [1.165, 1.54) is 31.0 Å². The van der Waals surface area contributed by atoms with Gasteiger partial charge in [0.2, 0.25) is 0 Å². The summed E-state index contributed by atoms with van der Waals surface area (Å²) in [6.07, 6.45) is 5.98. The van der Waals surface area contributed by atoms with Gasteiger partial charge < -0.3 is 5.11 Å². The van der Waals surface area contributed by atoms with Gasteiger partial charge in [0.05, 0.1) is 0 Å². The Labute approximate surface area is 81.7 Å². The van der Waals surface area contributed by atoms with E-state index < -0.39 is 5.97 Å². The molecule has 0 aromatic rings. The second-order valence-electron chi connectivity index (χ2n) is 2.97. The fourth-order valence-corrected chi connectivity index (χ4v) is 2.77. The van der Waals surface area contributed by atoms with Crippen LogP contribution < -0.4 is 0 Å². The zero-order chi connectivity index (χ0) is 8.97. The lowest BCUT2D eigenvalue weighted by atomic mass is 10.0. The smallest absolute Gasteiger partial charge is 0.353 e. The standard InChI is InChI=1S/C8H12O2S2/c9-7(10)8(11)12-6-4-2-1-3-5-6/h6H,1-5H2,(H,9,10). The van der Waals surface area contributed by atoms with Gasteiger partial charge >= 0.3 is 5.97 Å². The molecule has 0 amide bonds. The Morgan fingerprint density at radius 1 is 1.33 bits per heavy atom. The zero-order valence-electron chi connectivity index (χ0n) is 6.78. The van der Waals surface area contributed by atoms with E-state index in [1.54, 1.807) is 0 Å². The first-order valence-electron chi connectivity index (χ1n) is 4.14. The lowest BCUT2D eigenvalue weighted by molar-refractivity contribution is -0.128. The average Bonchev–Trinajstić information content (AvgIpc) is 2.06. The molecule has 12 heavy (non-hydrogen) atoms. The monoisotopic (exact) mass is 204 g/mol. The van der Waals surface area contributed by atoms with E-state index in [1.807, 2.05) is 0 Å². The minimum atomic E-state index is -0.944. The second-order valence-corrected chi connectivity index (χ2v) is 4.95. The Bertz CT molecular complexity index is 185. The average molecular weight is 204 g/mol. The molecule has 0 saturated heterocycles. The Balaban J connectivity index is 2.29. The fourth-order valence-electron chi connectivity index (χ4n) is 1.38. The van der Waals surface area contributed by atoms with Crippen LogP contribution in [0.25, 0.3) is 0 Å². The lowest BCUT2D eigenvalue weighted by Gasteiger charge is -2.19. The number of carbonyl (C=O) groups is 1. The van der Waals surface area contributed by atoms with Crippen LogP contribution in [-0.4, -0.2) is 20.5 Å². The van der Waals surface area contributed by atoms with Crippen LogP contribution >= 0.6 is 24.0 Å². The van der Waals surface area contributed by atoms with Gasteiger partial charge in [-0.25, -0.2) is 4.79 Å². The molecule has 0 aromatic heterocycles. The molecule has 0 aliphatic heterocycles. The van der Waals surface area contributed by atoms with E-state index in [2.05, 4.69) is 0 Å². The minimum absolute atomic E-state index is 0.127. The molecular formula is C8H12O2S2. The number of hydrogen-bond acceptors (Lipinski definition) is 3. The lowest BCUT2D eigenvalue weighted by Crippen LogP contribution is -2.14. The van der Waals surface area contributed by atoms with Crippen molar-refractivity contribution in [1.82, 2.24) is 0 Å². The molecule has 2 nitrogen and oxygen atoms in total. The molecule has 0 radical (unpaired) electrons. The van der Waals surface area contributed by atoms with Crippen molar-refractivity contribution in [3.63, 3.8) is 0 Å². The first-order valence-corrected chi connectivity index (χ1v) is 5.43. The maximum atomic E-state index is 10.4. The summed E-state index contributed by atoms with van der Waals surface area (Å²) in [4.78, 5) is 10.4. The van der Waals surface area contributed by atoms with Crippen molar-refractivity contribution < 1.29 is 9.90 Å². The van der Waals surface area contributed by atoms with Crippen LogP contribution in [0.3, 0.4) is 0 Å². The first-order chi connectivity index (χ1) is 5.70. The summed E-state index contributed by atoms with van der Waals surface area (Å²) in [6, 6.07) is 0. The summed E-state index contributed by atoms with van der Waals surface area (Å²) in [5, 5.41) is 9.01. The summed E-state index contributed by atoms with van der Waals surface area (Å²) in [5.41, 5.74) is 0. The molecule has 4 heteroatoms. The highest BCUT2D eigenvalue weighted by Gasteiger charge is 2.18. The number of hydrogen-bond donors (Lipinski definition) is 1. The van der Waals surface area contributed by atoms with Crippen LogP contribution in [0.2, 0.25) is 0 Å². The van der Waals surface area contributed by atoms with Crippen LogP contribution in [-0.2, 0) is 4.79 Å². The molecule has 0 bridgehead atoms. The molecule has 1 saturated carbocycles. The summed E-state index contributed by atoms with van der Waals surface area (Å²) in [7, 11) is 0. The van der Waals surface area contributed by atoms with Crippen molar-refractivity contribution in [2.75, 3.05) is 0 Å².